The number of esters is 1. The minimum Gasteiger partial charge on any atom is -0.497 e. The molecule has 0 saturated carbocycles. The first-order valence-electron chi connectivity index (χ1n) is 5.42. The average molecular weight is 271 g/mol. The number of Topliss-reactive ketones (excluding diaryl/α,β-unsaturated/α-hetero) is 1. The van der Waals surface area contributed by atoms with Crippen molar-refractivity contribution in [3.05, 3.63) is 28.8 Å². The van der Waals surface area contributed by atoms with E-state index in [4.69, 9.17) is 16.3 Å². The van der Waals surface area contributed by atoms with Crippen LogP contribution < -0.4 is 4.74 Å². The van der Waals surface area contributed by atoms with Crippen LogP contribution in [-0.4, -0.2) is 26.0 Å². The highest BCUT2D eigenvalue weighted by atomic mass is 35.5. The third kappa shape index (κ3) is 3.47. The summed E-state index contributed by atoms with van der Waals surface area (Å²) in [4.78, 5) is 23.1. The maximum Gasteiger partial charge on any atom is 0.315 e. The molecule has 1 rings (SSSR count). The van der Waals surface area contributed by atoms with Gasteiger partial charge in [-0.05, 0) is 24.6 Å². The summed E-state index contributed by atoms with van der Waals surface area (Å²) in [5, 5.41) is 0.444. The minimum atomic E-state index is -0.784. The molecule has 0 fully saturated rings. The maximum atomic E-state index is 11.8. The second-order valence-electron chi connectivity index (χ2n) is 3.85. The number of methoxy groups -OCH3 is 2. The zero-order valence-corrected chi connectivity index (χ0v) is 11.3. The Kier molecular flexibility index (Phi) is 5.16. The van der Waals surface area contributed by atoms with E-state index in [0.717, 1.165) is 0 Å². The molecular formula is C13H15ClO4. The van der Waals surface area contributed by atoms with Crippen molar-refractivity contribution >= 4 is 23.4 Å². The van der Waals surface area contributed by atoms with Crippen LogP contribution in [0.25, 0.3) is 0 Å². The molecule has 0 heterocycles. The zero-order valence-electron chi connectivity index (χ0n) is 10.5. The summed E-state index contributed by atoms with van der Waals surface area (Å²) < 4.78 is 9.54. The van der Waals surface area contributed by atoms with Gasteiger partial charge >= 0.3 is 5.97 Å². The van der Waals surface area contributed by atoms with Gasteiger partial charge in [0.2, 0.25) is 0 Å². The number of carbonyl (C=O) groups is 2. The fraction of sp³-hybridized carbons (Fsp3) is 0.385. The third-order valence-corrected chi connectivity index (χ3v) is 3.01. The normalized spacial score (nSPS) is 11.8. The van der Waals surface area contributed by atoms with E-state index in [0.29, 0.717) is 16.3 Å². The van der Waals surface area contributed by atoms with Gasteiger partial charge in [-0.2, -0.15) is 0 Å². The number of hydrogen-bond donors (Lipinski definition) is 0. The van der Waals surface area contributed by atoms with Gasteiger partial charge in [-0.15, -0.1) is 0 Å². The van der Waals surface area contributed by atoms with Gasteiger partial charge in [0.1, 0.15) is 11.7 Å². The Labute approximate surface area is 111 Å². The van der Waals surface area contributed by atoms with Crippen molar-refractivity contribution in [2.45, 2.75) is 13.3 Å². The lowest BCUT2D eigenvalue weighted by atomic mass is 9.99. The van der Waals surface area contributed by atoms with Crippen LogP contribution in [0.5, 0.6) is 5.75 Å². The largest absolute Gasteiger partial charge is 0.497 e. The predicted octanol–water partition coefficient (Wildman–Crippen LogP) is 2.27. The van der Waals surface area contributed by atoms with Crippen molar-refractivity contribution in [1.82, 2.24) is 0 Å². The fourth-order valence-electron chi connectivity index (χ4n) is 1.45. The second-order valence-corrected chi connectivity index (χ2v) is 4.25. The summed E-state index contributed by atoms with van der Waals surface area (Å²) in [6.07, 6.45) is 0.0963. The summed E-state index contributed by atoms with van der Waals surface area (Å²) in [5.41, 5.74) is 0.665. The molecule has 0 aromatic heterocycles. The molecule has 0 amide bonds. The molecule has 5 heteroatoms. The van der Waals surface area contributed by atoms with Crippen molar-refractivity contribution in [3.8, 4) is 5.75 Å². The SMILES string of the molecule is COC(=O)C(C)C(=O)Cc1ccc(OC)cc1Cl. The Morgan fingerprint density at radius 1 is 1.33 bits per heavy atom. The quantitative estimate of drug-likeness (QED) is 0.608. The summed E-state index contributed by atoms with van der Waals surface area (Å²) in [6, 6.07) is 5.06. The molecular weight excluding hydrogens is 256 g/mol. The molecule has 0 bridgehead atoms. The van der Waals surface area contributed by atoms with Crippen molar-refractivity contribution in [2.75, 3.05) is 14.2 Å². The lowest BCUT2D eigenvalue weighted by Crippen LogP contribution is -2.23. The van der Waals surface area contributed by atoms with Gasteiger partial charge in [0.05, 0.1) is 14.2 Å². The highest BCUT2D eigenvalue weighted by molar-refractivity contribution is 6.31. The number of carbonyl (C=O) groups excluding carboxylic acids is 2. The highest BCUT2D eigenvalue weighted by Crippen LogP contribution is 2.23. The molecule has 1 atom stereocenters. The molecule has 0 aliphatic rings. The lowest BCUT2D eigenvalue weighted by molar-refractivity contribution is -0.148. The number of benzene rings is 1. The third-order valence-electron chi connectivity index (χ3n) is 2.66. The predicted molar refractivity (Wildman–Crippen MR) is 67.9 cm³/mol. The van der Waals surface area contributed by atoms with Crippen LogP contribution in [0.1, 0.15) is 12.5 Å². The van der Waals surface area contributed by atoms with E-state index in [1.54, 1.807) is 18.2 Å². The summed E-state index contributed by atoms with van der Waals surface area (Å²) in [7, 11) is 2.79. The van der Waals surface area contributed by atoms with Gasteiger partial charge < -0.3 is 9.47 Å². The number of ketones is 1. The number of hydrogen-bond acceptors (Lipinski definition) is 4. The molecule has 0 N–H and O–H groups in total. The molecule has 18 heavy (non-hydrogen) atoms. The van der Waals surface area contributed by atoms with Crippen molar-refractivity contribution in [1.29, 1.82) is 0 Å². The molecule has 1 unspecified atom stereocenters. The van der Waals surface area contributed by atoms with E-state index in [9.17, 15) is 9.59 Å². The minimum absolute atomic E-state index is 0.0963. The van der Waals surface area contributed by atoms with Gasteiger partial charge in [0.15, 0.2) is 5.78 Å². The average Bonchev–Trinajstić information content (AvgIpc) is 2.38. The maximum absolute atomic E-state index is 11.8. The van der Waals surface area contributed by atoms with E-state index < -0.39 is 11.9 Å². The van der Waals surface area contributed by atoms with Crippen molar-refractivity contribution < 1.29 is 19.1 Å². The van der Waals surface area contributed by atoms with E-state index in [-0.39, 0.29) is 12.2 Å². The Balaban J connectivity index is 2.79. The molecule has 0 aliphatic carbocycles. The molecule has 1 aromatic rings. The Bertz CT molecular complexity index is 456. The van der Waals surface area contributed by atoms with Crippen LogP contribution in [-0.2, 0) is 20.7 Å². The monoisotopic (exact) mass is 270 g/mol. The smallest absolute Gasteiger partial charge is 0.315 e. The van der Waals surface area contributed by atoms with Crippen molar-refractivity contribution in [2.24, 2.45) is 5.92 Å². The van der Waals surface area contributed by atoms with E-state index in [2.05, 4.69) is 4.74 Å². The van der Waals surface area contributed by atoms with Gasteiger partial charge in [-0.1, -0.05) is 17.7 Å². The van der Waals surface area contributed by atoms with Crippen LogP contribution in [0.2, 0.25) is 5.02 Å². The van der Waals surface area contributed by atoms with Crippen LogP contribution in [0.4, 0.5) is 0 Å². The zero-order chi connectivity index (χ0) is 13.7. The first kappa shape index (κ1) is 14.5. The van der Waals surface area contributed by atoms with Gasteiger partial charge in [-0.25, -0.2) is 0 Å². The molecule has 0 spiro atoms. The first-order chi connectivity index (χ1) is 8.49. The second kappa shape index (κ2) is 6.40. The van der Waals surface area contributed by atoms with Gasteiger partial charge in [-0.3, -0.25) is 9.59 Å². The summed E-state index contributed by atoms with van der Waals surface area (Å²) >= 11 is 6.02. The molecule has 4 nitrogen and oxygen atoms in total. The van der Waals surface area contributed by atoms with Gasteiger partial charge in [0.25, 0.3) is 0 Å². The Morgan fingerprint density at radius 2 is 2.00 bits per heavy atom. The van der Waals surface area contributed by atoms with Crippen LogP contribution >= 0.6 is 11.6 Å². The summed E-state index contributed by atoms with van der Waals surface area (Å²) in [6.45, 7) is 1.52. The van der Waals surface area contributed by atoms with E-state index >= 15 is 0 Å². The number of rotatable bonds is 5. The van der Waals surface area contributed by atoms with Crippen LogP contribution in [0.3, 0.4) is 0 Å². The molecule has 1 aromatic carbocycles. The van der Waals surface area contributed by atoms with Crippen LogP contribution in [0, 0.1) is 5.92 Å². The molecule has 0 radical (unpaired) electrons. The summed E-state index contributed by atoms with van der Waals surface area (Å²) in [5.74, 6) is -0.927. The van der Waals surface area contributed by atoms with Crippen LogP contribution in [0.15, 0.2) is 18.2 Å². The molecule has 98 valence electrons. The van der Waals surface area contributed by atoms with E-state index in [1.165, 1.54) is 21.1 Å². The van der Waals surface area contributed by atoms with E-state index in [1.807, 2.05) is 0 Å². The Morgan fingerprint density at radius 3 is 2.50 bits per heavy atom. The highest BCUT2D eigenvalue weighted by Gasteiger charge is 2.22. The first-order valence-corrected chi connectivity index (χ1v) is 5.80. The molecule has 0 aliphatic heterocycles. The number of halogens is 1. The fourth-order valence-corrected chi connectivity index (χ4v) is 1.68. The van der Waals surface area contributed by atoms with Gasteiger partial charge in [0, 0.05) is 11.4 Å². The Hall–Kier alpha value is -1.55. The van der Waals surface area contributed by atoms with Crippen molar-refractivity contribution in [3.63, 3.8) is 0 Å². The standard InChI is InChI=1S/C13H15ClO4/c1-8(13(16)18-3)12(15)6-9-4-5-10(17-2)7-11(9)14/h4-5,7-8H,6H2,1-3H3. The molecule has 0 saturated heterocycles. The topological polar surface area (TPSA) is 52.6 Å². The number of ether oxygens (including phenoxy) is 2. The lowest BCUT2D eigenvalue weighted by Gasteiger charge is -2.10.